The number of hydrogen-bond acceptors (Lipinski definition) is 3. The fraction of sp³-hybridized carbons (Fsp3) is 0.259. The largest absolute Gasteiger partial charge is 0.304 e. The van der Waals surface area contributed by atoms with Crippen LogP contribution in [-0.4, -0.2) is 10.1 Å². The van der Waals surface area contributed by atoms with Gasteiger partial charge in [0.1, 0.15) is 0 Å². The highest BCUT2D eigenvalue weighted by Gasteiger charge is 2.42. The molecule has 5 heteroatoms. The fourth-order valence-electron chi connectivity index (χ4n) is 3.92. The normalized spacial score (nSPS) is 13.5. The first-order valence-corrected chi connectivity index (χ1v) is 13.0. The minimum atomic E-state index is -3.85. The highest BCUT2D eigenvalue weighted by molar-refractivity contribution is 8.12. The van der Waals surface area contributed by atoms with E-state index < -0.39 is 12.7 Å². The number of carbonyl (C=O) groups excluding carboxylic acids is 1. The molecule has 0 spiro atoms. The van der Waals surface area contributed by atoms with E-state index in [-0.39, 0.29) is 10.0 Å². The monoisotopic (exact) mass is 482 g/mol. The van der Waals surface area contributed by atoms with E-state index in [1.54, 1.807) is 30.3 Å². The Labute approximate surface area is 201 Å². The van der Waals surface area contributed by atoms with Gasteiger partial charge in [-0.05, 0) is 54.5 Å². The Morgan fingerprint density at radius 2 is 1.41 bits per heavy atom. The molecule has 0 saturated carbocycles. The van der Waals surface area contributed by atoms with Crippen LogP contribution in [0.5, 0.6) is 0 Å². The Bertz CT molecular complexity index is 1210. The summed E-state index contributed by atoms with van der Waals surface area (Å²) in [4.78, 5) is 14.1. The van der Waals surface area contributed by atoms with E-state index in [1.165, 1.54) is 0 Å². The molecule has 1 unspecified atom stereocenters. The average Bonchev–Trinajstić information content (AvgIpc) is 2.72. The van der Waals surface area contributed by atoms with Crippen LogP contribution in [0.3, 0.4) is 0 Å². The molecule has 0 aliphatic carbocycles. The summed E-state index contributed by atoms with van der Waals surface area (Å²) >= 11 is 12.3. The molecule has 0 aliphatic rings. The van der Waals surface area contributed by atoms with Crippen LogP contribution < -0.4 is 5.30 Å². The van der Waals surface area contributed by atoms with Crippen molar-refractivity contribution in [1.29, 1.82) is 0 Å². The van der Waals surface area contributed by atoms with Crippen molar-refractivity contribution in [1.82, 2.24) is 0 Å². The van der Waals surface area contributed by atoms with Crippen molar-refractivity contribution in [3.05, 3.63) is 99.1 Å². The zero-order valence-electron chi connectivity index (χ0n) is 19.3. The molecule has 2 nitrogen and oxygen atoms in total. The molecule has 0 radical (unpaired) electrons. The van der Waals surface area contributed by atoms with Crippen molar-refractivity contribution in [2.75, 3.05) is 0 Å². The molecule has 3 rings (SSSR count). The maximum absolute atomic E-state index is 14.8. The molecule has 0 saturated heterocycles. The molecule has 0 bridgehead atoms. The van der Waals surface area contributed by atoms with Crippen molar-refractivity contribution in [2.45, 2.75) is 47.0 Å². The number of benzene rings is 3. The van der Waals surface area contributed by atoms with Crippen molar-refractivity contribution >= 4 is 46.4 Å². The highest BCUT2D eigenvalue weighted by atomic mass is 35.5. The Morgan fingerprint density at radius 1 is 0.844 bits per heavy atom. The van der Waals surface area contributed by atoms with E-state index >= 15 is 0 Å². The third-order valence-electron chi connectivity index (χ3n) is 5.74. The van der Waals surface area contributed by atoms with E-state index in [1.807, 2.05) is 51.1 Å². The summed E-state index contributed by atoms with van der Waals surface area (Å²) in [6, 6.07) is 18.2. The molecule has 166 valence electrons. The zero-order chi connectivity index (χ0) is 23.8. The Kier molecular flexibility index (Phi) is 6.96. The Balaban J connectivity index is 2.29. The van der Waals surface area contributed by atoms with E-state index in [0.29, 0.717) is 21.5 Å². The molecule has 0 heterocycles. The predicted octanol–water partition coefficient (Wildman–Crippen LogP) is 7.77. The molecule has 32 heavy (non-hydrogen) atoms. The number of halogens is 1. The van der Waals surface area contributed by atoms with E-state index in [2.05, 4.69) is 20.8 Å². The topological polar surface area (TPSA) is 34.1 Å². The lowest BCUT2D eigenvalue weighted by molar-refractivity contribution is 0.107. The SMILES string of the molecule is Cc1cc(C(C)(C)C)cc(C)c1C(=O)P(=O)(C(=S)c1c(C)cccc1Cl)c1ccccc1. The van der Waals surface area contributed by atoms with E-state index in [0.717, 1.165) is 22.3 Å². The first-order chi connectivity index (χ1) is 14.9. The molecule has 0 amide bonds. The Morgan fingerprint density at radius 3 is 1.91 bits per heavy atom. The second-order valence-corrected chi connectivity index (χ2v) is 12.9. The van der Waals surface area contributed by atoms with Crippen molar-refractivity contribution < 1.29 is 9.36 Å². The maximum atomic E-state index is 14.8. The standard InChI is InChI=1S/C27H28ClO2PS/c1-17-11-10-14-22(28)24(17)26(32)31(30,21-12-8-7-9-13-21)25(29)23-18(2)15-20(16-19(23)3)27(4,5)6/h7-16H,1-6H3. The fourth-order valence-corrected chi connectivity index (χ4v) is 7.72. The van der Waals surface area contributed by atoms with Gasteiger partial charge < -0.3 is 4.57 Å². The molecule has 3 aromatic rings. The third kappa shape index (κ3) is 4.39. The summed E-state index contributed by atoms with van der Waals surface area (Å²) in [5.74, 6) is 0. The third-order valence-corrected chi connectivity index (χ3v) is 9.65. The first kappa shape index (κ1) is 24.6. The average molecular weight is 483 g/mol. The van der Waals surface area contributed by atoms with Crippen molar-refractivity contribution in [3.63, 3.8) is 0 Å². The van der Waals surface area contributed by atoms with Gasteiger partial charge in [0.15, 0.2) is 0 Å². The molecule has 0 N–H and O–H groups in total. The summed E-state index contributed by atoms with van der Waals surface area (Å²) in [6.45, 7) is 12.1. The Hall–Kier alpha value is -2.06. The molecule has 0 aliphatic heterocycles. The van der Waals surface area contributed by atoms with Crippen LogP contribution in [0.1, 0.15) is 58.9 Å². The number of thiocarbonyl (C=S) groups is 1. The number of carbonyl (C=O) groups is 1. The molecule has 0 fully saturated rings. The smallest absolute Gasteiger partial charge is 0.231 e. The van der Waals surface area contributed by atoms with Crippen molar-refractivity contribution in [2.24, 2.45) is 0 Å². The summed E-state index contributed by atoms with van der Waals surface area (Å²) in [5, 5.41) is 0.823. The van der Waals surface area contributed by atoms with Crippen LogP contribution >= 0.6 is 31.0 Å². The molecule has 0 aromatic heterocycles. The quantitative estimate of drug-likeness (QED) is 0.275. The van der Waals surface area contributed by atoms with Gasteiger partial charge in [-0.15, -0.1) is 0 Å². The van der Waals surface area contributed by atoms with Crippen LogP contribution in [0.15, 0.2) is 60.7 Å². The van der Waals surface area contributed by atoms with Gasteiger partial charge in [-0.3, -0.25) is 4.79 Å². The minimum Gasteiger partial charge on any atom is -0.304 e. The van der Waals surface area contributed by atoms with Crippen LogP contribution in [0, 0.1) is 20.8 Å². The van der Waals surface area contributed by atoms with E-state index in [9.17, 15) is 9.36 Å². The highest BCUT2D eigenvalue weighted by Crippen LogP contribution is 2.53. The lowest BCUT2D eigenvalue weighted by atomic mass is 9.84. The minimum absolute atomic E-state index is 0.0653. The van der Waals surface area contributed by atoms with Gasteiger partial charge in [0.2, 0.25) is 12.7 Å². The summed E-state index contributed by atoms with van der Waals surface area (Å²) < 4.78 is 14.9. The molecular formula is C27H28ClO2PS. The molecule has 1 atom stereocenters. The van der Waals surface area contributed by atoms with Crippen LogP contribution in [0.2, 0.25) is 5.02 Å². The first-order valence-electron chi connectivity index (χ1n) is 10.5. The van der Waals surface area contributed by atoms with E-state index in [4.69, 9.17) is 23.8 Å². The molecular weight excluding hydrogens is 455 g/mol. The number of hydrogen-bond donors (Lipinski definition) is 0. The molecule has 3 aromatic carbocycles. The van der Waals surface area contributed by atoms with Crippen molar-refractivity contribution in [3.8, 4) is 0 Å². The van der Waals surface area contributed by atoms with Gasteiger partial charge in [0, 0.05) is 21.5 Å². The predicted molar refractivity (Wildman–Crippen MR) is 141 cm³/mol. The van der Waals surface area contributed by atoms with Crippen LogP contribution in [0.4, 0.5) is 0 Å². The summed E-state index contributed by atoms with van der Waals surface area (Å²) in [5.41, 5.74) is 3.99. The lowest BCUT2D eigenvalue weighted by Gasteiger charge is -2.25. The van der Waals surface area contributed by atoms with Gasteiger partial charge in [-0.1, -0.05) is 99.2 Å². The lowest BCUT2D eigenvalue weighted by Crippen LogP contribution is -2.22. The van der Waals surface area contributed by atoms with Crippen LogP contribution in [0.25, 0.3) is 0 Å². The summed E-state index contributed by atoms with van der Waals surface area (Å²) in [6.07, 6.45) is 0. The van der Waals surface area contributed by atoms with Gasteiger partial charge in [-0.2, -0.15) is 0 Å². The van der Waals surface area contributed by atoms with Gasteiger partial charge in [-0.25, -0.2) is 0 Å². The zero-order valence-corrected chi connectivity index (χ0v) is 21.8. The maximum Gasteiger partial charge on any atom is 0.231 e. The van der Waals surface area contributed by atoms with Crippen LogP contribution in [-0.2, 0) is 9.98 Å². The number of rotatable bonds is 5. The second kappa shape index (κ2) is 9.06. The summed E-state index contributed by atoms with van der Waals surface area (Å²) in [7, 11) is -3.85. The van der Waals surface area contributed by atoms with Gasteiger partial charge in [0.25, 0.3) is 0 Å². The van der Waals surface area contributed by atoms with Gasteiger partial charge >= 0.3 is 0 Å². The van der Waals surface area contributed by atoms with Gasteiger partial charge in [0.05, 0.1) is 4.61 Å². The second-order valence-electron chi connectivity index (χ2n) is 9.22. The number of aryl methyl sites for hydroxylation is 3.